The van der Waals surface area contributed by atoms with Gasteiger partial charge in [-0.05, 0) is 56.0 Å². The van der Waals surface area contributed by atoms with Crippen LogP contribution in [0.2, 0.25) is 0 Å². The number of nitrogens with zero attached hydrogens (tertiary/aromatic N) is 5. The number of aliphatic imine (C=N–C) groups is 1. The number of thiophene rings is 1. The maximum absolute atomic E-state index is 4.82. The van der Waals surface area contributed by atoms with Crippen molar-refractivity contribution in [1.29, 1.82) is 0 Å². The molecule has 2 aliphatic heterocycles. The Bertz CT molecular complexity index is 805. The summed E-state index contributed by atoms with van der Waals surface area (Å²) in [6, 6.07) is 9.11. The van der Waals surface area contributed by atoms with E-state index in [4.69, 9.17) is 9.98 Å². The van der Waals surface area contributed by atoms with Crippen LogP contribution in [-0.2, 0) is 6.54 Å². The largest absolute Gasteiger partial charge is 0.363 e. The molecule has 4 heterocycles. The normalized spacial score (nSPS) is 19.0. The van der Waals surface area contributed by atoms with Crippen molar-refractivity contribution in [3.05, 3.63) is 41.4 Å². The quantitative estimate of drug-likeness (QED) is 0.531. The van der Waals surface area contributed by atoms with Crippen molar-refractivity contribution in [3.63, 3.8) is 0 Å². The molecule has 2 N–H and O–H groups in total. The molecule has 31 heavy (non-hydrogen) atoms. The van der Waals surface area contributed by atoms with E-state index in [2.05, 4.69) is 69.0 Å². The lowest BCUT2D eigenvalue weighted by Crippen LogP contribution is -2.48. The first-order chi connectivity index (χ1) is 15.2. The Balaban J connectivity index is 1.28. The first kappa shape index (κ1) is 21.9. The molecule has 0 radical (unpaired) electrons. The van der Waals surface area contributed by atoms with Crippen LogP contribution in [0.1, 0.15) is 25.3 Å². The number of nitrogens with one attached hydrogen (secondary N) is 2. The molecule has 8 heteroatoms. The zero-order valence-corrected chi connectivity index (χ0v) is 19.6. The Kier molecular flexibility index (Phi) is 7.64. The van der Waals surface area contributed by atoms with Crippen molar-refractivity contribution in [2.45, 2.75) is 32.4 Å². The standard InChI is InChI=1S/C23H35N7S/c1-3-24-23(27-20-8-10-30(11-9-20)22-5-4-16-31-22)26-18-19-6-7-21(25-17-19)29-14-12-28(2)13-15-29/h4-7,16-17,20H,3,8-15,18H2,1-2H3,(H2,24,26,27). The second-order valence-corrected chi connectivity index (χ2v) is 9.29. The average Bonchev–Trinajstić information content (AvgIpc) is 3.34. The van der Waals surface area contributed by atoms with Crippen molar-refractivity contribution in [1.82, 2.24) is 20.5 Å². The van der Waals surface area contributed by atoms with Gasteiger partial charge in [0, 0.05) is 58.1 Å². The van der Waals surface area contributed by atoms with Crippen molar-refractivity contribution in [2.24, 2.45) is 4.99 Å². The van der Waals surface area contributed by atoms with Crippen LogP contribution in [0.3, 0.4) is 0 Å². The second-order valence-electron chi connectivity index (χ2n) is 8.37. The summed E-state index contributed by atoms with van der Waals surface area (Å²) in [6.07, 6.45) is 4.23. The molecule has 0 unspecified atom stereocenters. The van der Waals surface area contributed by atoms with Gasteiger partial charge in [0.1, 0.15) is 5.82 Å². The minimum Gasteiger partial charge on any atom is -0.363 e. The smallest absolute Gasteiger partial charge is 0.191 e. The SMILES string of the molecule is CCNC(=NCc1ccc(N2CCN(C)CC2)nc1)NC1CCN(c2cccs2)CC1. The fraction of sp³-hybridized carbons (Fsp3) is 0.565. The fourth-order valence-corrected chi connectivity index (χ4v) is 4.90. The molecule has 2 fully saturated rings. The van der Waals surface area contributed by atoms with Gasteiger partial charge in [-0.25, -0.2) is 9.98 Å². The molecule has 0 atom stereocenters. The van der Waals surface area contributed by atoms with Crippen LogP contribution in [0.4, 0.5) is 10.8 Å². The Morgan fingerprint density at radius 2 is 1.90 bits per heavy atom. The Hall–Kier alpha value is -2.32. The Morgan fingerprint density at radius 3 is 2.55 bits per heavy atom. The third-order valence-corrected chi connectivity index (χ3v) is 6.98. The number of hydrogen-bond donors (Lipinski definition) is 2. The summed E-state index contributed by atoms with van der Waals surface area (Å²) in [4.78, 5) is 16.7. The van der Waals surface area contributed by atoms with Crippen molar-refractivity contribution in [2.75, 3.05) is 62.7 Å². The molecule has 168 valence electrons. The number of piperidine rings is 1. The summed E-state index contributed by atoms with van der Waals surface area (Å²) >= 11 is 1.83. The second kappa shape index (κ2) is 10.8. The molecule has 7 nitrogen and oxygen atoms in total. The number of rotatable bonds is 6. The van der Waals surface area contributed by atoms with Gasteiger partial charge in [0.15, 0.2) is 5.96 Å². The molecule has 0 saturated carbocycles. The number of likely N-dealkylation sites (N-methyl/N-ethyl adjacent to an activating group) is 1. The minimum absolute atomic E-state index is 0.465. The van der Waals surface area contributed by atoms with Gasteiger partial charge < -0.3 is 25.3 Å². The van der Waals surface area contributed by atoms with Crippen LogP contribution in [0.25, 0.3) is 0 Å². The van der Waals surface area contributed by atoms with E-state index < -0.39 is 0 Å². The summed E-state index contributed by atoms with van der Waals surface area (Å²) in [7, 11) is 2.18. The summed E-state index contributed by atoms with van der Waals surface area (Å²) in [6.45, 7) is 10.1. The molecule has 0 amide bonds. The number of guanidine groups is 1. The summed E-state index contributed by atoms with van der Waals surface area (Å²) < 4.78 is 0. The van der Waals surface area contributed by atoms with Gasteiger partial charge in [0.05, 0.1) is 11.5 Å². The van der Waals surface area contributed by atoms with Crippen LogP contribution >= 0.6 is 11.3 Å². The van der Waals surface area contributed by atoms with E-state index in [1.807, 2.05) is 17.5 Å². The highest BCUT2D eigenvalue weighted by atomic mass is 32.1. The Morgan fingerprint density at radius 1 is 1.10 bits per heavy atom. The van der Waals surface area contributed by atoms with Gasteiger partial charge in [0.25, 0.3) is 0 Å². The molecule has 2 saturated heterocycles. The van der Waals surface area contributed by atoms with Gasteiger partial charge >= 0.3 is 0 Å². The number of pyridine rings is 1. The highest BCUT2D eigenvalue weighted by Crippen LogP contribution is 2.24. The van der Waals surface area contributed by atoms with Gasteiger partial charge in [-0.15, -0.1) is 11.3 Å². The predicted molar refractivity (Wildman–Crippen MR) is 131 cm³/mol. The molecule has 0 aliphatic carbocycles. The molecule has 2 aliphatic rings. The predicted octanol–water partition coefficient (Wildman–Crippen LogP) is 2.62. The van der Waals surface area contributed by atoms with E-state index in [0.717, 1.165) is 76.0 Å². The van der Waals surface area contributed by atoms with Crippen molar-refractivity contribution in [3.8, 4) is 0 Å². The van der Waals surface area contributed by atoms with E-state index in [1.54, 1.807) is 0 Å². The van der Waals surface area contributed by atoms with E-state index in [-0.39, 0.29) is 0 Å². The molecular weight excluding hydrogens is 406 g/mol. The molecule has 0 spiro atoms. The summed E-state index contributed by atoms with van der Waals surface area (Å²) in [5, 5.41) is 10.6. The first-order valence-electron chi connectivity index (χ1n) is 11.4. The summed E-state index contributed by atoms with van der Waals surface area (Å²) in [5.41, 5.74) is 1.14. The van der Waals surface area contributed by atoms with E-state index in [0.29, 0.717) is 12.6 Å². The third kappa shape index (κ3) is 6.11. The van der Waals surface area contributed by atoms with E-state index in [1.165, 1.54) is 5.00 Å². The summed E-state index contributed by atoms with van der Waals surface area (Å²) in [5.74, 6) is 1.98. The highest BCUT2D eigenvalue weighted by molar-refractivity contribution is 7.14. The van der Waals surface area contributed by atoms with E-state index in [9.17, 15) is 0 Å². The zero-order valence-electron chi connectivity index (χ0n) is 18.8. The molecule has 4 rings (SSSR count). The average molecular weight is 442 g/mol. The van der Waals surface area contributed by atoms with Crippen LogP contribution in [0.5, 0.6) is 0 Å². The number of hydrogen-bond acceptors (Lipinski definition) is 6. The molecule has 2 aromatic rings. The van der Waals surface area contributed by atoms with Crippen LogP contribution in [0.15, 0.2) is 40.8 Å². The Labute approximate surface area is 190 Å². The van der Waals surface area contributed by atoms with Crippen LogP contribution in [-0.4, -0.2) is 74.7 Å². The van der Waals surface area contributed by atoms with Gasteiger partial charge in [-0.1, -0.05) is 6.07 Å². The molecule has 2 aromatic heterocycles. The zero-order chi connectivity index (χ0) is 21.5. The topological polar surface area (TPSA) is 59.0 Å². The lowest BCUT2D eigenvalue weighted by atomic mass is 10.1. The minimum atomic E-state index is 0.465. The molecule has 0 aromatic carbocycles. The van der Waals surface area contributed by atoms with Gasteiger partial charge in [-0.2, -0.15) is 0 Å². The van der Waals surface area contributed by atoms with E-state index >= 15 is 0 Å². The van der Waals surface area contributed by atoms with Crippen molar-refractivity contribution >= 4 is 28.1 Å². The lowest BCUT2D eigenvalue weighted by molar-refractivity contribution is 0.312. The van der Waals surface area contributed by atoms with Crippen LogP contribution in [0, 0.1) is 0 Å². The fourth-order valence-electron chi connectivity index (χ4n) is 4.11. The monoisotopic (exact) mass is 441 g/mol. The van der Waals surface area contributed by atoms with Crippen molar-refractivity contribution < 1.29 is 0 Å². The van der Waals surface area contributed by atoms with Gasteiger partial charge in [-0.3, -0.25) is 0 Å². The number of piperazine rings is 1. The third-order valence-electron chi connectivity index (χ3n) is 6.05. The highest BCUT2D eigenvalue weighted by Gasteiger charge is 2.20. The number of aromatic nitrogens is 1. The lowest BCUT2D eigenvalue weighted by Gasteiger charge is -2.33. The first-order valence-corrected chi connectivity index (χ1v) is 12.3. The van der Waals surface area contributed by atoms with Crippen LogP contribution < -0.4 is 20.4 Å². The maximum atomic E-state index is 4.82. The molecule has 0 bridgehead atoms. The molecular formula is C23H35N7S. The maximum Gasteiger partial charge on any atom is 0.191 e. The van der Waals surface area contributed by atoms with Gasteiger partial charge in [0.2, 0.25) is 0 Å². The number of anilines is 2.